The zero-order valence-electron chi connectivity index (χ0n) is 10.7. The first-order valence-corrected chi connectivity index (χ1v) is 6.66. The molecule has 2 unspecified atom stereocenters. The number of fused-ring (bicyclic) bond motifs is 1. The van der Waals surface area contributed by atoms with Crippen LogP contribution in [0, 0.1) is 29.6 Å². The summed E-state index contributed by atoms with van der Waals surface area (Å²) in [7, 11) is 0. The molecule has 0 saturated heterocycles. The summed E-state index contributed by atoms with van der Waals surface area (Å²) in [5, 5.41) is 0. The highest BCUT2D eigenvalue weighted by molar-refractivity contribution is 4.91. The lowest BCUT2D eigenvalue weighted by Gasteiger charge is -2.15. The van der Waals surface area contributed by atoms with Gasteiger partial charge in [-0.3, -0.25) is 0 Å². The summed E-state index contributed by atoms with van der Waals surface area (Å²) in [5.41, 5.74) is 0. The number of hydrogen-bond acceptors (Lipinski definition) is 0. The van der Waals surface area contributed by atoms with E-state index in [4.69, 9.17) is 0 Å². The molecule has 14 heavy (non-hydrogen) atoms. The highest BCUT2D eigenvalue weighted by Gasteiger charge is 2.40. The SMILES string of the molecule is CC.CC1C[C@@H]2CC(C(C)C)C[C@@H]2C1. The van der Waals surface area contributed by atoms with Gasteiger partial charge < -0.3 is 0 Å². The second-order valence-corrected chi connectivity index (χ2v) is 5.57. The first kappa shape index (κ1) is 12.1. The van der Waals surface area contributed by atoms with Gasteiger partial charge in [-0.25, -0.2) is 0 Å². The third kappa shape index (κ3) is 2.52. The van der Waals surface area contributed by atoms with E-state index in [1.807, 2.05) is 13.8 Å². The summed E-state index contributed by atoms with van der Waals surface area (Å²) < 4.78 is 0. The quantitative estimate of drug-likeness (QED) is 0.568. The molecule has 2 aliphatic carbocycles. The molecular weight excluding hydrogens is 168 g/mol. The molecule has 0 aromatic heterocycles. The molecule has 0 nitrogen and oxygen atoms in total. The zero-order chi connectivity index (χ0) is 10.7. The van der Waals surface area contributed by atoms with E-state index in [0.29, 0.717) is 0 Å². The standard InChI is InChI=1S/C12H22.C2H6/c1-8(2)10-6-11-4-9(3)5-12(11)7-10;1-2/h8-12H,4-7H2,1-3H3;1-2H3/t9?,10?,11-,12+;. The first-order chi connectivity index (χ1) is 6.66. The largest absolute Gasteiger partial charge is 0.0683 e. The van der Waals surface area contributed by atoms with Crippen LogP contribution in [0.25, 0.3) is 0 Å². The maximum Gasteiger partial charge on any atom is -0.0380 e. The molecule has 0 spiro atoms. The van der Waals surface area contributed by atoms with Crippen molar-refractivity contribution < 1.29 is 0 Å². The summed E-state index contributed by atoms with van der Waals surface area (Å²) in [6.45, 7) is 11.2. The van der Waals surface area contributed by atoms with E-state index in [1.54, 1.807) is 12.8 Å². The minimum atomic E-state index is 0.936. The number of rotatable bonds is 1. The van der Waals surface area contributed by atoms with Gasteiger partial charge in [0.1, 0.15) is 0 Å². The van der Waals surface area contributed by atoms with Gasteiger partial charge in [-0.15, -0.1) is 0 Å². The van der Waals surface area contributed by atoms with Crippen LogP contribution in [0.2, 0.25) is 0 Å². The molecule has 2 aliphatic rings. The van der Waals surface area contributed by atoms with Gasteiger partial charge in [0.2, 0.25) is 0 Å². The highest BCUT2D eigenvalue weighted by Crippen LogP contribution is 2.50. The molecule has 2 fully saturated rings. The Bertz CT molecular complexity index is 145. The van der Waals surface area contributed by atoms with Crippen LogP contribution < -0.4 is 0 Å². The van der Waals surface area contributed by atoms with Crippen LogP contribution in [0.3, 0.4) is 0 Å². The first-order valence-electron chi connectivity index (χ1n) is 6.66. The third-order valence-electron chi connectivity index (χ3n) is 4.23. The lowest BCUT2D eigenvalue weighted by molar-refractivity contribution is 0.353. The summed E-state index contributed by atoms with van der Waals surface area (Å²) in [6.07, 6.45) is 6.17. The van der Waals surface area contributed by atoms with Crippen molar-refractivity contribution in [1.29, 1.82) is 0 Å². The molecule has 4 atom stereocenters. The maximum atomic E-state index is 2.43. The van der Waals surface area contributed by atoms with Crippen molar-refractivity contribution in [3.8, 4) is 0 Å². The van der Waals surface area contributed by atoms with E-state index < -0.39 is 0 Å². The number of hydrogen-bond donors (Lipinski definition) is 0. The Hall–Kier alpha value is 0. The van der Waals surface area contributed by atoms with Crippen LogP contribution in [0.1, 0.15) is 60.3 Å². The zero-order valence-corrected chi connectivity index (χ0v) is 10.7. The predicted molar refractivity (Wildman–Crippen MR) is 64.3 cm³/mol. The second kappa shape index (κ2) is 5.19. The molecule has 0 radical (unpaired) electrons. The van der Waals surface area contributed by atoms with Crippen molar-refractivity contribution in [3.63, 3.8) is 0 Å². The van der Waals surface area contributed by atoms with E-state index in [9.17, 15) is 0 Å². The molecule has 0 amide bonds. The Kier molecular flexibility index (Phi) is 4.47. The van der Waals surface area contributed by atoms with Gasteiger partial charge >= 0.3 is 0 Å². The summed E-state index contributed by atoms with van der Waals surface area (Å²) in [6, 6.07) is 0. The normalized spacial score (nSPS) is 40.7. The van der Waals surface area contributed by atoms with Crippen molar-refractivity contribution in [2.45, 2.75) is 60.3 Å². The van der Waals surface area contributed by atoms with E-state index in [2.05, 4.69) is 20.8 Å². The molecule has 0 aromatic rings. The van der Waals surface area contributed by atoms with Gasteiger partial charge in [-0.1, -0.05) is 34.6 Å². The Labute approximate surface area is 90.5 Å². The van der Waals surface area contributed by atoms with Crippen LogP contribution >= 0.6 is 0 Å². The van der Waals surface area contributed by atoms with Gasteiger partial charge in [0.25, 0.3) is 0 Å². The molecule has 0 aromatic carbocycles. The highest BCUT2D eigenvalue weighted by atomic mass is 14.5. The third-order valence-corrected chi connectivity index (χ3v) is 4.23. The van der Waals surface area contributed by atoms with Gasteiger partial charge in [0.05, 0.1) is 0 Å². The van der Waals surface area contributed by atoms with Crippen LogP contribution in [0.5, 0.6) is 0 Å². The molecule has 0 heteroatoms. The average molecular weight is 196 g/mol. The topological polar surface area (TPSA) is 0 Å². The smallest absolute Gasteiger partial charge is 0.0380 e. The van der Waals surface area contributed by atoms with Crippen LogP contribution in [0.15, 0.2) is 0 Å². The lowest BCUT2D eigenvalue weighted by atomic mass is 9.90. The molecule has 0 N–H and O–H groups in total. The van der Waals surface area contributed by atoms with Crippen molar-refractivity contribution in [3.05, 3.63) is 0 Å². The van der Waals surface area contributed by atoms with Crippen molar-refractivity contribution in [2.24, 2.45) is 29.6 Å². The van der Waals surface area contributed by atoms with Gasteiger partial charge in [-0.2, -0.15) is 0 Å². The summed E-state index contributed by atoms with van der Waals surface area (Å²) in [5.74, 6) is 5.27. The van der Waals surface area contributed by atoms with Crippen molar-refractivity contribution >= 4 is 0 Å². The molecule has 2 rings (SSSR count). The van der Waals surface area contributed by atoms with Gasteiger partial charge in [-0.05, 0) is 55.3 Å². The van der Waals surface area contributed by atoms with Crippen molar-refractivity contribution in [2.75, 3.05) is 0 Å². The Morgan fingerprint density at radius 1 is 0.857 bits per heavy atom. The van der Waals surface area contributed by atoms with Crippen LogP contribution in [0.4, 0.5) is 0 Å². The van der Waals surface area contributed by atoms with Crippen LogP contribution in [-0.2, 0) is 0 Å². The molecule has 0 heterocycles. The molecule has 0 bridgehead atoms. The molecule has 0 aliphatic heterocycles. The average Bonchev–Trinajstić information content (AvgIpc) is 2.64. The van der Waals surface area contributed by atoms with Crippen molar-refractivity contribution in [1.82, 2.24) is 0 Å². The van der Waals surface area contributed by atoms with E-state index in [-0.39, 0.29) is 0 Å². The fourth-order valence-corrected chi connectivity index (χ4v) is 3.51. The van der Waals surface area contributed by atoms with Gasteiger partial charge in [0.15, 0.2) is 0 Å². The molecule has 84 valence electrons. The Morgan fingerprint density at radius 3 is 1.64 bits per heavy atom. The van der Waals surface area contributed by atoms with E-state index in [1.165, 1.54) is 12.8 Å². The fraction of sp³-hybridized carbons (Fsp3) is 1.00. The molecular formula is C14H28. The molecule has 2 saturated carbocycles. The Morgan fingerprint density at radius 2 is 1.29 bits per heavy atom. The predicted octanol–water partition coefficient (Wildman–Crippen LogP) is 4.74. The summed E-state index contributed by atoms with van der Waals surface area (Å²) >= 11 is 0. The monoisotopic (exact) mass is 196 g/mol. The minimum absolute atomic E-state index is 0.936. The minimum Gasteiger partial charge on any atom is -0.0683 e. The van der Waals surface area contributed by atoms with E-state index in [0.717, 1.165) is 29.6 Å². The van der Waals surface area contributed by atoms with E-state index >= 15 is 0 Å². The van der Waals surface area contributed by atoms with Crippen LogP contribution in [-0.4, -0.2) is 0 Å². The fourth-order valence-electron chi connectivity index (χ4n) is 3.51. The Balaban J connectivity index is 0.000000461. The summed E-state index contributed by atoms with van der Waals surface area (Å²) in [4.78, 5) is 0. The lowest BCUT2D eigenvalue weighted by Crippen LogP contribution is -2.05. The van der Waals surface area contributed by atoms with Gasteiger partial charge in [0, 0.05) is 0 Å². The maximum absolute atomic E-state index is 2.43. The second-order valence-electron chi connectivity index (χ2n) is 5.57.